The van der Waals surface area contributed by atoms with E-state index >= 15 is 0 Å². The molecule has 0 N–H and O–H groups in total. The van der Waals surface area contributed by atoms with Gasteiger partial charge in [-0.1, -0.05) is 37.5 Å². The number of allylic oxidation sites excluding steroid dienone is 7. The summed E-state index contributed by atoms with van der Waals surface area (Å²) >= 11 is 0. The number of hydrogen-bond donors (Lipinski definition) is 0. The first kappa shape index (κ1) is 23.4. The van der Waals surface area contributed by atoms with Gasteiger partial charge in [0.05, 0.1) is 17.6 Å². The van der Waals surface area contributed by atoms with Crippen LogP contribution in [0.3, 0.4) is 0 Å². The van der Waals surface area contributed by atoms with Crippen molar-refractivity contribution in [3.05, 3.63) is 84.4 Å². The Bertz CT molecular complexity index is 888. The van der Waals surface area contributed by atoms with Gasteiger partial charge in [-0.25, -0.2) is 4.39 Å². The van der Waals surface area contributed by atoms with Crippen molar-refractivity contribution in [3.8, 4) is 0 Å². The Morgan fingerprint density at radius 1 is 1.23 bits per heavy atom. The molecule has 0 aliphatic heterocycles. The van der Waals surface area contributed by atoms with Crippen LogP contribution in [0.25, 0.3) is 5.57 Å². The van der Waals surface area contributed by atoms with Gasteiger partial charge in [0.15, 0.2) is 6.29 Å². The molecule has 0 saturated heterocycles. The Balaban J connectivity index is 2.52. The van der Waals surface area contributed by atoms with Gasteiger partial charge < -0.3 is 9.47 Å². The van der Waals surface area contributed by atoms with Crippen LogP contribution in [-0.2, 0) is 9.47 Å². The molecule has 5 heteroatoms. The van der Waals surface area contributed by atoms with E-state index in [0.717, 1.165) is 18.4 Å². The average Bonchev–Trinajstić information content (AvgIpc) is 2.76. The van der Waals surface area contributed by atoms with Gasteiger partial charge in [0.25, 0.3) is 0 Å². The van der Waals surface area contributed by atoms with Gasteiger partial charge in [-0.3, -0.25) is 9.98 Å². The predicted octanol–water partition coefficient (Wildman–Crippen LogP) is 6.36. The van der Waals surface area contributed by atoms with E-state index in [1.165, 1.54) is 12.1 Å². The monoisotopic (exact) mass is 408 g/mol. The lowest BCUT2D eigenvalue weighted by Crippen LogP contribution is -2.18. The number of nitrogens with zero attached hydrogens (tertiary/aromatic N) is 2. The van der Waals surface area contributed by atoms with Crippen molar-refractivity contribution < 1.29 is 13.9 Å². The first-order valence-electron chi connectivity index (χ1n) is 10.1. The lowest BCUT2D eigenvalue weighted by atomic mass is 9.96. The fourth-order valence-corrected chi connectivity index (χ4v) is 2.88. The molecule has 1 aromatic carbocycles. The standard InChI is InChI=1S/C25H29FN2O2/c1-5-15-27-19(4)22(16-20-11-9-8-10-12-20)23-17-21(26)13-14-24(23)28-18-25(29-6-2)30-7-3/h5,9,11-18,25H,1,4,6-8,10H2,2-3H3/b22-16+,27-15-,28-18+. The second-order valence-corrected chi connectivity index (χ2v) is 6.42. The molecule has 0 heterocycles. The van der Waals surface area contributed by atoms with Crippen molar-refractivity contribution in [3.63, 3.8) is 0 Å². The number of hydrogen-bond acceptors (Lipinski definition) is 4. The molecule has 158 valence electrons. The van der Waals surface area contributed by atoms with Crippen molar-refractivity contribution in [2.24, 2.45) is 9.98 Å². The molecule has 1 aliphatic rings. The van der Waals surface area contributed by atoms with E-state index in [2.05, 4.69) is 35.3 Å². The van der Waals surface area contributed by atoms with Gasteiger partial charge in [-0.05, 0) is 56.5 Å². The van der Waals surface area contributed by atoms with Crippen molar-refractivity contribution in [1.29, 1.82) is 0 Å². The molecule has 0 unspecified atom stereocenters. The van der Waals surface area contributed by atoms with E-state index in [1.54, 1.807) is 24.6 Å². The highest BCUT2D eigenvalue weighted by atomic mass is 19.1. The zero-order valence-corrected chi connectivity index (χ0v) is 17.7. The van der Waals surface area contributed by atoms with Crippen LogP contribution in [0.2, 0.25) is 0 Å². The summed E-state index contributed by atoms with van der Waals surface area (Å²) in [5.74, 6) is -0.366. The zero-order chi connectivity index (χ0) is 21.8. The normalized spacial score (nSPS) is 14.7. The van der Waals surface area contributed by atoms with Gasteiger partial charge in [0.1, 0.15) is 5.82 Å². The highest BCUT2D eigenvalue weighted by molar-refractivity contribution is 5.89. The van der Waals surface area contributed by atoms with Gasteiger partial charge in [0.2, 0.25) is 0 Å². The van der Waals surface area contributed by atoms with Crippen LogP contribution in [0.15, 0.2) is 83.0 Å². The molecule has 0 atom stereocenters. The lowest BCUT2D eigenvalue weighted by molar-refractivity contribution is -0.0867. The average molecular weight is 409 g/mol. The largest absolute Gasteiger partial charge is 0.348 e. The molecule has 1 aliphatic carbocycles. The molecule has 0 amide bonds. The van der Waals surface area contributed by atoms with Gasteiger partial charge in [-0.2, -0.15) is 0 Å². The summed E-state index contributed by atoms with van der Waals surface area (Å²) in [5.41, 5.74) is 3.35. The van der Waals surface area contributed by atoms with Crippen molar-refractivity contribution >= 4 is 23.7 Å². The Hall–Kier alpha value is -2.89. The highest BCUT2D eigenvalue weighted by Gasteiger charge is 2.13. The summed E-state index contributed by atoms with van der Waals surface area (Å²) in [7, 11) is 0. The van der Waals surface area contributed by atoms with E-state index in [9.17, 15) is 4.39 Å². The summed E-state index contributed by atoms with van der Waals surface area (Å²) in [6.07, 6.45) is 14.3. The third-order valence-corrected chi connectivity index (χ3v) is 4.23. The summed E-state index contributed by atoms with van der Waals surface area (Å²) in [6, 6.07) is 4.44. The molecular weight excluding hydrogens is 379 g/mol. The van der Waals surface area contributed by atoms with E-state index in [0.29, 0.717) is 35.7 Å². The Morgan fingerprint density at radius 2 is 2.00 bits per heavy atom. The Kier molecular flexibility index (Phi) is 9.84. The predicted molar refractivity (Wildman–Crippen MR) is 124 cm³/mol. The molecular formula is C25H29FN2O2. The molecule has 0 bridgehead atoms. The van der Waals surface area contributed by atoms with Gasteiger partial charge >= 0.3 is 0 Å². The maximum atomic E-state index is 14.2. The van der Waals surface area contributed by atoms with E-state index in [-0.39, 0.29) is 5.82 Å². The molecule has 1 aromatic rings. The highest BCUT2D eigenvalue weighted by Crippen LogP contribution is 2.33. The minimum atomic E-state index is -0.573. The summed E-state index contributed by atoms with van der Waals surface area (Å²) in [4.78, 5) is 8.86. The summed E-state index contributed by atoms with van der Waals surface area (Å²) < 4.78 is 25.2. The SMILES string of the molecule is C=C/C=N\C(=C)/C(=C\C1=CCCC=C1)c1cc(F)ccc1/N=C/C(OCC)OCC. The van der Waals surface area contributed by atoms with Crippen molar-refractivity contribution in [1.82, 2.24) is 0 Å². The first-order valence-corrected chi connectivity index (χ1v) is 10.1. The minimum absolute atomic E-state index is 0.366. The second-order valence-electron chi connectivity index (χ2n) is 6.42. The number of ether oxygens (including phenoxy) is 2. The van der Waals surface area contributed by atoms with Gasteiger partial charge in [-0.15, -0.1) is 0 Å². The third-order valence-electron chi connectivity index (χ3n) is 4.23. The van der Waals surface area contributed by atoms with E-state index < -0.39 is 6.29 Å². The van der Waals surface area contributed by atoms with E-state index in [1.807, 2.05) is 26.0 Å². The maximum absolute atomic E-state index is 14.2. The molecule has 0 saturated carbocycles. The Labute approximate surface area is 178 Å². The van der Waals surface area contributed by atoms with Crippen molar-refractivity contribution in [2.45, 2.75) is 33.0 Å². The maximum Gasteiger partial charge on any atom is 0.194 e. The van der Waals surface area contributed by atoms with Crippen LogP contribution in [0.5, 0.6) is 0 Å². The third kappa shape index (κ3) is 7.17. The van der Waals surface area contributed by atoms with Crippen molar-refractivity contribution in [2.75, 3.05) is 13.2 Å². The molecule has 2 rings (SSSR count). The van der Waals surface area contributed by atoms with Crippen LogP contribution in [0, 0.1) is 5.82 Å². The number of benzene rings is 1. The quantitative estimate of drug-likeness (QED) is 0.243. The molecule has 0 fully saturated rings. The summed E-state index contributed by atoms with van der Waals surface area (Å²) in [6.45, 7) is 12.5. The molecule has 4 nitrogen and oxygen atoms in total. The van der Waals surface area contributed by atoms with Gasteiger partial charge in [0, 0.05) is 30.6 Å². The topological polar surface area (TPSA) is 43.2 Å². The second kappa shape index (κ2) is 12.6. The molecule has 0 spiro atoms. The smallest absolute Gasteiger partial charge is 0.194 e. The molecule has 0 radical (unpaired) electrons. The molecule has 30 heavy (non-hydrogen) atoms. The number of halogens is 1. The zero-order valence-electron chi connectivity index (χ0n) is 17.7. The van der Waals surface area contributed by atoms with Crippen LogP contribution >= 0.6 is 0 Å². The summed E-state index contributed by atoms with van der Waals surface area (Å²) in [5, 5.41) is 0. The molecule has 0 aromatic heterocycles. The number of aliphatic imine (C=N–C) groups is 2. The van der Waals surface area contributed by atoms with Crippen LogP contribution in [0.1, 0.15) is 32.3 Å². The van der Waals surface area contributed by atoms with Crippen LogP contribution in [0.4, 0.5) is 10.1 Å². The lowest BCUT2D eigenvalue weighted by Gasteiger charge is -2.14. The fraction of sp³-hybridized carbons (Fsp3) is 0.280. The fourth-order valence-electron chi connectivity index (χ4n) is 2.88. The van der Waals surface area contributed by atoms with E-state index in [4.69, 9.17) is 9.47 Å². The van der Waals surface area contributed by atoms with Crippen LogP contribution < -0.4 is 0 Å². The number of rotatable bonds is 11. The Morgan fingerprint density at radius 3 is 2.63 bits per heavy atom. The first-order chi connectivity index (χ1) is 14.6. The van der Waals surface area contributed by atoms with Crippen LogP contribution in [-0.4, -0.2) is 31.9 Å². The minimum Gasteiger partial charge on any atom is -0.348 e.